The fourth-order valence-electron chi connectivity index (χ4n) is 1.06. The molecule has 5 atom stereocenters. The highest BCUT2D eigenvalue weighted by Crippen LogP contribution is 2.19. The van der Waals surface area contributed by atoms with Gasteiger partial charge in [-0.3, -0.25) is 0 Å². The molecule has 5 nitrogen and oxygen atoms in total. The van der Waals surface area contributed by atoms with E-state index in [4.69, 9.17) is 20.4 Å². The van der Waals surface area contributed by atoms with E-state index >= 15 is 0 Å². The lowest BCUT2D eigenvalue weighted by atomic mass is 10.00. The lowest BCUT2D eigenvalue weighted by molar-refractivity contribution is -0.283. The van der Waals surface area contributed by atoms with Crippen LogP contribution in [0.25, 0.3) is 0 Å². The average molecular weight is 182 g/mol. The number of halogens is 1. The number of alkyl halides is 1. The van der Waals surface area contributed by atoms with Crippen molar-refractivity contribution in [2.24, 2.45) is 0 Å². The van der Waals surface area contributed by atoms with E-state index in [0.717, 1.165) is 0 Å². The molecular formula is C6H11FO5. The van der Waals surface area contributed by atoms with Crippen molar-refractivity contribution in [2.75, 3.05) is 6.67 Å². The molecule has 1 aliphatic heterocycles. The summed E-state index contributed by atoms with van der Waals surface area (Å²) in [4.78, 5) is 0. The maximum Gasteiger partial charge on any atom is 0.184 e. The van der Waals surface area contributed by atoms with Crippen molar-refractivity contribution < 1.29 is 29.6 Å². The van der Waals surface area contributed by atoms with Crippen LogP contribution in [0.5, 0.6) is 0 Å². The van der Waals surface area contributed by atoms with Crippen molar-refractivity contribution in [1.82, 2.24) is 0 Å². The van der Waals surface area contributed by atoms with Crippen LogP contribution in [-0.4, -0.2) is 57.8 Å². The molecule has 0 aromatic heterocycles. The first-order valence-electron chi connectivity index (χ1n) is 3.51. The summed E-state index contributed by atoms with van der Waals surface area (Å²) in [5, 5.41) is 35.8. The van der Waals surface area contributed by atoms with Crippen LogP contribution in [-0.2, 0) is 4.74 Å². The third-order valence-electron chi connectivity index (χ3n) is 1.84. The predicted molar refractivity (Wildman–Crippen MR) is 34.9 cm³/mol. The van der Waals surface area contributed by atoms with Crippen molar-refractivity contribution in [3.63, 3.8) is 0 Å². The Hall–Kier alpha value is -0.270. The summed E-state index contributed by atoms with van der Waals surface area (Å²) < 4.78 is 16.5. The summed E-state index contributed by atoms with van der Waals surface area (Å²) in [7, 11) is 0. The number of rotatable bonds is 1. The smallest absolute Gasteiger partial charge is 0.184 e. The molecule has 1 saturated heterocycles. The van der Waals surface area contributed by atoms with Gasteiger partial charge in [0, 0.05) is 0 Å². The Bertz CT molecular complexity index is 150. The molecule has 4 N–H and O–H groups in total. The van der Waals surface area contributed by atoms with Crippen LogP contribution in [0, 0.1) is 0 Å². The lowest BCUT2D eigenvalue weighted by Gasteiger charge is -2.37. The van der Waals surface area contributed by atoms with Crippen LogP contribution in [0.4, 0.5) is 4.39 Å². The van der Waals surface area contributed by atoms with E-state index < -0.39 is 37.4 Å². The Balaban J connectivity index is 2.63. The summed E-state index contributed by atoms with van der Waals surface area (Å²) in [5.74, 6) is 0. The standard InChI is InChI=1S/C6H11FO5/c7-1-2-3(8)4(9)5(10)6(11)12-2/h2-6,8-11H,1H2/t2?,3-,4?,5-,6-/m0/s1. The highest BCUT2D eigenvalue weighted by atomic mass is 19.1. The van der Waals surface area contributed by atoms with Crippen LogP contribution in [0.2, 0.25) is 0 Å². The molecule has 0 aliphatic carbocycles. The third-order valence-corrected chi connectivity index (χ3v) is 1.84. The van der Waals surface area contributed by atoms with Crippen molar-refractivity contribution in [3.8, 4) is 0 Å². The van der Waals surface area contributed by atoms with Gasteiger partial charge in [-0.15, -0.1) is 0 Å². The lowest BCUT2D eigenvalue weighted by Crippen LogP contribution is -2.58. The van der Waals surface area contributed by atoms with E-state index in [-0.39, 0.29) is 0 Å². The molecule has 0 bridgehead atoms. The second kappa shape index (κ2) is 3.63. The second-order valence-electron chi connectivity index (χ2n) is 2.69. The molecular weight excluding hydrogens is 171 g/mol. The van der Waals surface area contributed by atoms with Crippen molar-refractivity contribution >= 4 is 0 Å². The van der Waals surface area contributed by atoms with Gasteiger partial charge in [-0.2, -0.15) is 0 Å². The van der Waals surface area contributed by atoms with E-state index in [1.54, 1.807) is 0 Å². The van der Waals surface area contributed by atoms with E-state index in [1.165, 1.54) is 0 Å². The summed E-state index contributed by atoms with van der Waals surface area (Å²) in [6, 6.07) is 0. The summed E-state index contributed by atoms with van der Waals surface area (Å²) in [5.41, 5.74) is 0. The number of ether oxygens (including phenoxy) is 1. The number of hydrogen-bond donors (Lipinski definition) is 4. The highest BCUT2D eigenvalue weighted by Gasteiger charge is 2.42. The normalized spacial score (nSPS) is 49.2. The molecule has 1 heterocycles. The molecule has 1 fully saturated rings. The number of aliphatic hydroxyl groups is 4. The van der Waals surface area contributed by atoms with Gasteiger partial charge in [-0.05, 0) is 0 Å². The fraction of sp³-hybridized carbons (Fsp3) is 1.00. The van der Waals surface area contributed by atoms with Crippen LogP contribution < -0.4 is 0 Å². The predicted octanol–water partition coefficient (Wildman–Crippen LogP) is -2.24. The van der Waals surface area contributed by atoms with E-state index in [9.17, 15) is 4.39 Å². The topological polar surface area (TPSA) is 90.2 Å². The Morgan fingerprint density at radius 3 is 2.08 bits per heavy atom. The van der Waals surface area contributed by atoms with Gasteiger partial charge in [0.1, 0.15) is 31.1 Å². The van der Waals surface area contributed by atoms with Gasteiger partial charge in [-0.1, -0.05) is 0 Å². The van der Waals surface area contributed by atoms with Crippen LogP contribution in [0.1, 0.15) is 0 Å². The van der Waals surface area contributed by atoms with E-state index in [1.807, 2.05) is 0 Å². The fourth-order valence-corrected chi connectivity index (χ4v) is 1.06. The minimum atomic E-state index is -1.65. The van der Waals surface area contributed by atoms with Crippen molar-refractivity contribution in [3.05, 3.63) is 0 Å². The molecule has 0 radical (unpaired) electrons. The summed E-state index contributed by atoms with van der Waals surface area (Å²) >= 11 is 0. The monoisotopic (exact) mass is 182 g/mol. The molecule has 0 spiro atoms. The summed E-state index contributed by atoms with van der Waals surface area (Å²) in [6.45, 7) is -1.03. The van der Waals surface area contributed by atoms with Gasteiger partial charge < -0.3 is 25.2 Å². The van der Waals surface area contributed by atoms with Gasteiger partial charge in [0.05, 0.1) is 0 Å². The zero-order valence-electron chi connectivity index (χ0n) is 6.17. The van der Waals surface area contributed by atoms with Crippen LogP contribution in [0.15, 0.2) is 0 Å². The maximum absolute atomic E-state index is 12.0. The Labute approximate surface area is 68.0 Å². The van der Waals surface area contributed by atoms with Gasteiger partial charge in [0.15, 0.2) is 6.29 Å². The molecule has 12 heavy (non-hydrogen) atoms. The van der Waals surface area contributed by atoms with Gasteiger partial charge in [0.25, 0.3) is 0 Å². The molecule has 0 aromatic rings. The van der Waals surface area contributed by atoms with E-state index in [2.05, 4.69) is 4.74 Å². The number of aliphatic hydroxyl groups excluding tert-OH is 4. The van der Waals surface area contributed by atoms with Crippen LogP contribution >= 0.6 is 0 Å². The molecule has 6 heteroatoms. The molecule has 0 aromatic carbocycles. The Kier molecular flexibility index (Phi) is 2.97. The van der Waals surface area contributed by atoms with Crippen LogP contribution in [0.3, 0.4) is 0 Å². The number of hydrogen-bond acceptors (Lipinski definition) is 5. The third kappa shape index (κ3) is 1.57. The second-order valence-corrected chi connectivity index (χ2v) is 2.69. The van der Waals surface area contributed by atoms with Crippen molar-refractivity contribution in [1.29, 1.82) is 0 Å². The van der Waals surface area contributed by atoms with E-state index in [0.29, 0.717) is 0 Å². The first-order chi connectivity index (χ1) is 5.57. The molecule has 0 amide bonds. The molecule has 1 aliphatic rings. The molecule has 1 rings (SSSR count). The maximum atomic E-state index is 12.0. The van der Waals surface area contributed by atoms with Gasteiger partial charge >= 0.3 is 0 Å². The minimum absolute atomic E-state index is 1.03. The molecule has 72 valence electrons. The zero-order valence-corrected chi connectivity index (χ0v) is 6.17. The summed E-state index contributed by atoms with van der Waals surface area (Å²) in [6.07, 6.45) is -7.60. The highest BCUT2D eigenvalue weighted by molar-refractivity contribution is 4.88. The molecule has 0 saturated carbocycles. The van der Waals surface area contributed by atoms with Gasteiger partial charge in [-0.25, -0.2) is 4.39 Å². The minimum Gasteiger partial charge on any atom is -0.387 e. The Morgan fingerprint density at radius 1 is 1.00 bits per heavy atom. The first-order valence-corrected chi connectivity index (χ1v) is 3.51. The molecule has 2 unspecified atom stereocenters. The quantitative estimate of drug-likeness (QED) is 0.368. The van der Waals surface area contributed by atoms with Crippen molar-refractivity contribution in [2.45, 2.75) is 30.7 Å². The Morgan fingerprint density at radius 2 is 1.58 bits per heavy atom. The first kappa shape index (κ1) is 9.82. The SMILES string of the molecule is OC1[C@@H](O)C(CF)O[C@H](O)[C@H]1O. The average Bonchev–Trinajstić information content (AvgIpc) is 2.08. The van der Waals surface area contributed by atoms with Gasteiger partial charge in [0.2, 0.25) is 0 Å². The largest absolute Gasteiger partial charge is 0.387 e. The zero-order chi connectivity index (χ0) is 9.30.